The van der Waals surface area contributed by atoms with Crippen molar-refractivity contribution in [2.45, 2.75) is 6.10 Å². The first-order chi connectivity index (χ1) is 8.65. The minimum atomic E-state index is -0.759. The van der Waals surface area contributed by atoms with E-state index in [-0.39, 0.29) is 0 Å². The molecule has 0 fully saturated rings. The van der Waals surface area contributed by atoms with Crippen LogP contribution in [-0.2, 0) is 0 Å². The van der Waals surface area contributed by atoms with Crippen LogP contribution < -0.4 is 0 Å². The van der Waals surface area contributed by atoms with Crippen LogP contribution in [-0.4, -0.2) is 5.11 Å². The Bertz CT molecular complexity index is 704. The van der Waals surface area contributed by atoms with E-state index in [1.54, 1.807) is 6.07 Å². The Kier molecular flexibility index (Phi) is 3.20. The van der Waals surface area contributed by atoms with Crippen LogP contribution in [0.5, 0.6) is 0 Å². The van der Waals surface area contributed by atoms with Gasteiger partial charge < -0.3 is 9.52 Å². The van der Waals surface area contributed by atoms with Gasteiger partial charge in [-0.2, -0.15) is 0 Å². The molecule has 0 bridgehead atoms. The minimum absolute atomic E-state index is 0.507. The van der Waals surface area contributed by atoms with Crippen LogP contribution >= 0.6 is 38.9 Å². The van der Waals surface area contributed by atoms with Crippen LogP contribution in [0.4, 0.5) is 0 Å². The third-order valence-electron chi connectivity index (χ3n) is 2.64. The van der Waals surface area contributed by atoms with Gasteiger partial charge in [0.25, 0.3) is 0 Å². The van der Waals surface area contributed by atoms with Crippen molar-refractivity contribution in [3.8, 4) is 0 Å². The number of halogens is 2. The van der Waals surface area contributed by atoms with Gasteiger partial charge >= 0.3 is 0 Å². The summed E-state index contributed by atoms with van der Waals surface area (Å²) in [6.45, 7) is 0. The molecule has 0 aliphatic heterocycles. The van der Waals surface area contributed by atoms with E-state index < -0.39 is 6.10 Å². The summed E-state index contributed by atoms with van der Waals surface area (Å²) >= 11 is 10.9. The van der Waals surface area contributed by atoms with E-state index in [1.807, 2.05) is 29.6 Å². The number of aliphatic hydroxyl groups excluding tert-OH is 1. The maximum atomic E-state index is 10.2. The molecule has 0 amide bonds. The molecule has 0 spiro atoms. The largest absolute Gasteiger partial charge is 0.456 e. The Labute approximate surface area is 121 Å². The third-order valence-corrected chi connectivity index (χ3v) is 4.69. The van der Waals surface area contributed by atoms with Crippen molar-refractivity contribution in [2.75, 3.05) is 0 Å². The van der Waals surface area contributed by atoms with Crippen LogP contribution in [0.1, 0.15) is 16.7 Å². The van der Waals surface area contributed by atoms with Gasteiger partial charge in [-0.15, -0.1) is 11.3 Å². The van der Waals surface area contributed by atoms with Gasteiger partial charge in [-0.3, -0.25) is 0 Å². The summed E-state index contributed by atoms with van der Waals surface area (Å²) in [5.74, 6) is 0.507. The zero-order chi connectivity index (χ0) is 12.7. The van der Waals surface area contributed by atoms with E-state index in [1.165, 1.54) is 11.3 Å². The highest BCUT2D eigenvalue weighted by Gasteiger charge is 2.18. The molecule has 5 heteroatoms. The molecule has 0 saturated heterocycles. The quantitative estimate of drug-likeness (QED) is 0.711. The lowest BCUT2D eigenvalue weighted by molar-refractivity contribution is 0.196. The second-order valence-electron chi connectivity index (χ2n) is 3.88. The zero-order valence-corrected chi connectivity index (χ0v) is 12.2. The average molecular weight is 344 g/mol. The van der Waals surface area contributed by atoms with E-state index in [0.29, 0.717) is 16.4 Å². The lowest BCUT2D eigenvalue weighted by atomic mass is 10.2. The first kappa shape index (κ1) is 12.2. The van der Waals surface area contributed by atoms with Crippen LogP contribution in [0, 0.1) is 0 Å². The predicted octanol–water partition coefficient (Wildman–Crippen LogP) is 4.99. The number of furan rings is 1. The molecule has 18 heavy (non-hydrogen) atoms. The molecule has 0 aliphatic carbocycles. The summed E-state index contributed by atoms with van der Waals surface area (Å²) in [6, 6.07) is 9.23. The topological polar surface area (TPSA) is 33.4 Å². The number of rotatable bonds is 2. The highest BCUT2D eigenvalue weighted by Crippen LogP contribution is 2.34. The van der Waals surface area contributed by atoms with Crippen molar-refractivity contribution in [1.82, 2.24) is 0 Å². The van der Waals surface area contributed by atoms with Gasteiger partial charge in [-0.25, -0.2) is 0 Å². The Morgan fingerprint density at radius 2 is 2.17 bits per heavy atom. The van der Waals surface area contributed by atoms with Gasteiger partial charge in [0.2, 0.25) is 0 Å². The number of thiophene rings is 1. The summed E-state index contributed by atoms with van der Waals surface area (Å²) in [7, 11) is 0. The number of para-hydroxylation sites is 1. The third kappa shape index (κ3) is 2.10. The van der Waals surface area contributed by atoms with Gasteiger partial charge in [0, 0.05) is 20.1 Å². The lowest BCUT2D eigenvalue weighted by Crippen LogP contribution is -1.93. The lowest BCUT2D eigenvalue weighted by Gasteiger charge is -2.03. The van der Waals surface area contributed by atoms with Gasteiger partial charge in [0.1, 0.15) is 11.9 Å². The number of benzene rings is 1. The fourth-order valence-corrected chi connectivity index (χ4v) is 3.45. The van der Waals surface area contributed by atoms with Crippen LogP contribution in [0.25, 0.3) is 11.0 Å². The molecule has 0 aliphatic rings. The highest BCUT2D eigenvalue weighted by molar-refractivity contribution is 9.10. The molecule has 1 atom stereocenters. The number of fused-ring (bicyclic) bond motifs is 1. The molecule has 1 N–H and O–H groups in total. The molecule has 2 heterocycles. The maximum Gasteiger partial charge on any atom is 0.153 e. The summed E-state index contributed by atoms with van der Waals surface area (Å²) in [5, 5.41) is 13.6. The van der Waals surface area contributed by atoms with Crippen LogP contribution in [0.2, 0.25) is 5.02 Å². The smallest absolute Gasteiger partial charge is 0.153 e. The standard InChI is InChI=1S/C13H8BrClO2S/c14-8-5-11(18-6-8)12(16)10-4-7-2-1-3-9(15)13(7)17-10/h1-6,12,16H. The van der Waals surface area contributed by atoms with Gasteiger partial charge in [-0.1, -0.05) is 23.7 Å². The molecular formula is C13H8BrClO2S. The SMILES string of the molecule is OC(c1cc2cccc(Cl)c2o1)c1cc(Br)cs1. The molecule has 3 aromatic rings. The molecule has 0 radical (unpaired) electrons. The number of aliphatic hydroxyl groups is 1. The van der Waals surface area contributed by atoms with E-state index in [2.05, 4.69) is 15.9 Å². The minimum Gasteiger partial charge on any atom is -0.456 e. The van der Waals surface area contributed by atoms with E-state index in [4.69, 9.17) is 16.0 Å². The van der Waals surface area contributed by atoms with E-state index in [0.717, 1.165) is 14.7 Å². The summed E-state index contributed by atoms with van der Waals surface area (Å²) in [5.41, 5.74) is 0.615. The number of hydrogen-bond donors (Lipinski definition) is 1. The van der Waals surface area contributed by atoms with E-state index in [9.17, 15) is 5.11 Å². The van der Waals surface area contributed by atoms with Crippen molar-refractivity contribution in [1.29, 1.82) is 0 Å². The van der Waals surface area contributed by atoms with E-state index >= 15 is 0 Å². The summed E-state index contributed by atoms with van der Waals surface area (Å²) < 4.78 is 6.59. The molecule has 0 saturated carbocycles. The summed E-state index contributed by atoms with van der Waals surface area (Å²) in [4.78, 5) is 0.831. The van der Waals surface area contributed by atoms with Crippen molar-refractivity contribution in [3.63, 3.8) is 0 Å². The summed E-state index contributed by atoms with van der Waals surface area (Å²) in [6.07, 6.45) is -0.759. The molecular weight excluding hydrogens is 336 g/mol. The monoisotopic (exact) mass is 342 g/mol. The first-order valence-corrected chi connectivity index (χ1v) is 7.30. The Balaban J connectivity index is 2.06. The average Bonchev–Trinajstić information content (AvgIpc) is 2.95. The molecule has 2 aromatic heterocycles. The highest BCUT2D eigenvalue weighted by atomic mass is 79.9. The van der Waals surface area contributed by atoms with Gasteiger partial charge in [0.05, 0.1) is 5.02 Å². The molecule has 2 nitrogen and oxygen atoms in total. The molecule has 3 rings (SSSR count). The Morgan fingerprint density at radius 1 is 1.33 bits per heavy atom. The molecule has 92 valence electrons. The van der Waals surface area contributed by atoms with Crippen LogP contribution in [0.15, 0.2) is 44.6 Å². The second-order valence-corrected chi connectivity index (χ2v) is 6.14. The van der Waals surface area contributed by atoms with Crippen molar-refractivity contribution in [2.24, 2.45) is 0 Å². The zero-order valence-electron chi connectivity index (χ0n) is 9.06. The normalized spacial score (nSPS) is 13.1. The Hall–Kier alpha value is -0.810. The molecule has 1 aromatic carbocycles. The first-order valence-electron chi connectivity index (χ1n) is 5.25. The predicted molar refractivity (Wildman–Crippen MR) is 77.3 cm³/mol. The fraction of sp³-hybridized carbons (Fsp3) is 0.0769. The Morgan fingerprint density at radius 3 is 2.83 bits per heavy atom. The van der Waals surface area contributed by atoms with Crippen molar-refractivity contribution in [3.05, 3.63) is 55.8 Å². The van der Waals surface area contributed by atoms with Crippen molar-refractivity contribution < 1.29 is 9.52 Å². The molecule has 1 unspecified atom stereocenters. The van der Waals surface area contributed by atoms with Gasteiger partial charge in [-0.05, 0) is 34.1 Å². The van der Waals surface area contributed by atoms with Gasteiger partial charge in [0.15, 0.2) is 5.58 Å². The van der Waals surface area contributed by atoms with Crippen LogP contribution in [0.3, 0.4) is 0 Å². The number of hydrogen-bond acceptors (Lipinski definition) is 3. The van der Waals surface area contributed by atoms with Crippen molar-refractivity contribution >= 4 is 49.8 Å². The maximum absolute atomic E-state index is 10.2. The fourth-order valence-electron chi connectivity index (χ4n) is 1.79. The second kappa shape index (κ2) is 4.70.